The van der Waals surface area contributed by atoms with Gasteiger partial charge in [0.25, 0.3) is 0 Å². The van der Waals surface area contributed by atoms with Crippen LogP contribution in [-0.4, -0.2) is 33.9 Å². The minimum absolute atomic E-state index is 0.0750. The molecule has 2 aliphatic carbocycles. The third kappa shape index (κ3) is 1.93. The first-order valence-electron chi connectivity index (χ1n) is 8.68. The number of fused-ring (bicyclic) bond motifs is 1. The van der Waals surface area contributed by atoms with Gasteiger partial charge in [0.05, 0.1) is 0 Å². The molecule has 1 heterocycles. The molecule has 0 aromatic heterocycles. The molecule has 0 bridgehead atoms. The number of phenols is 1. The number of carbonyl (C=O) groups excluding carboxylic acids is 1. The highest BCUT2D eigenvalue weighted by molar-refractivity contribution is 5.98. The molecule has 1 aromatic rings. The maximum absolute atomic E-state index is 12.3. The van der Waals surface area contributed by atoms with E-state index >= 15 is 0 Å². The fourth-order valence-corrected chi connectivity index (χ4v) is 4.35. The zero-order valence-electron chi connectivity index (χ0n) is 14.8. The zero-order valence-corrected chi connectivity index (χ0v) is 14.8. The van der Waals surface area contributed by atoms with E-state index in [1.54, 1.807) is 6.07 Å². The highest BCUT2D eigenvalue weighted by atomic mass is 16.5. The Labute approximate surface area is 147 Å². The van der Waals surface area contributed by atoms with Gasteiger partial charge in [-0.1, -0.05) is 26.0 Å². The SMILES string of the molecule is C=C1C2(O)CCC(=O)C3(N)Oc4c(O)ccc(C)c4C123.CCCCN. The number of aliphatic hydroxyl groups is 1. The van der Waals surface area contributed by atoms with Crippen molar-refractivity contribution in [3.05, 3.63) is 35.4 Å². The molecule has 6 nitrogen and oxygen atoms in total. The topological polar surface area (TPSA) is 119 Å². The van der Waals surface area contributed by atoms with E-state index in [4.69, 9.17) is 16.2 Å². The van der Waals surface area contributed by atoms with Gasteiger partial charge in [0.2, 0.25) is 5.72 Å². The summed E-state index contributed by atoms with van der Waals surface area (Å²) in [6.07, 6.45) is 2.82. The molecule has 1 spiro atoms. The normalized spacial score (nSPS) is 34.3. The van der Waals surface area contributed by atoms with Crippen molar-refractivity contribution in [1.29, 1.82) is 0 Å². The van der Waals surface area contributed by atoms with E-state index in [1.807, 2.05) is 6.92 Å². The molecule has 3 unspecified atom stereocenters. The van der Waals surface area contributed by atoms with E-state index in [-0.39, 0.29) is 23.7 Å². The average molecular weight is 346 g/mol. The van der Waals surface area contributed by atoms with E-state index in [1.165, 1.54) is 18.9 Å². The van der Waals surface area contributed by atoms with Crippen molar-refractivity contribution in [2.45, 2.75) is 56.3 Å². The van der Waals surface area contributed by atoms with E-state index in [9.17, 15) is 15.0 Å². The zero-order chi connectivity index (χ0) is 18.6. The van der Waals surface area contributed by atoms with Gasteiger partial charge in [-0.25, -0.2) is 0 Å². The molecule has 1 aliphatic heterocycles. The van der Waals surface area contributed by atoms with Crippen LogP contribution in [0.4, 0.5) is 0 Å². The summed E-state index contributed by atoms with van der Waals surface area (Å²) in [5.41, 5.74) is 9.30. The van der Waals surface area contributed by atoms with Gasteiger partial charge < -0.3 is 20.7 Å². The van der Waals surface area contributed by atoms with Crippen molar-refractivity contribution in [2.75, 3.05) is 6.54 Å². The summed E-state index contributed by atoms with van der Waals surface area (Å²) < 4.78 is 5.66. The lowest BCUT2D eigenvalue weighted by atomic mass is 9.74. The average Bonchev–Trinajstić information content (AvgIpc) is 2.91. The molecule has 2 fully saturated rings. The second-order valence-corrected chi connectivity index (χ2v) is 7.10. The molecule has 6 N–H and O–H groups in total. The molecule has 3 aliphatic rings. The number of unbranched alkanes of at least 4 members (excludes halogenated alkanes) is 1. The second-order valence-electron chi connectivity index (χ2n) is 7.10. The van der Waals surface area contributed by atoms with Crippen LogP contribution in [0, 0.1) is 6.92 Å². The Morgan fingerprint density at radius 3 is 2.64 bits per heavy atom. The number of phenolic OH excluding ortho intramolecular Hbond substituents is 1. The molecular weight excluding hydrogens is 320 g/mol. The molecule has 2 saturated carbocycles. The number of Topliss-reactive ketones (excluding diaryl/α,β-unsaturated/α-hetero) is 1. The first-order valence-corrected chi connectivity index (χ1v) is 8.68. The van der Waals surface area contributed by atoms with Gasteiger partial charge in [-0.15, -0.1) is 0 Å². The Morgan fingerprint density at radius 1 is 1.40 bits per heavy atom. The molecule has 0 radical (unpaired) electrons. The minimum Gasteiger partial charge on any atom is -0.504 e. The number of rotatable bonds is 2. The predicted molar refractivity (Wildman–Crippen MR) is 94.4 cm³/mol. The van der Waals surface area contributed by atoms with Crippen LogP contribution in [0.25, 0.3) is 0 Å². The number of carbonyl (C=O) groups is 1. The number of hydrogen-bond acceptors (Lipinski definition) is 6. The van der Waals surface area contributed by atoms with Gasteiger partial charge in [-0.05, 0) is 43.5 Å². The highest BCUT2D eigenvalue weighted by Gasteiger charge is 2.87. The largest absolute Gasteiger partial charge is 0.504 e. The first kappa shape index (κ1) is 17.9. The second kappa shape index (κ2) is 5.56. The Morgan fingerprint density at radius 2 is 2.08 bits per heavy atom. The van der Waals surface area contributed by atoms with Crippen molar-refractivity contribution in [3.63, 3.8) is 0 Å². The number of benzene rings is 1. The Hall–Kier alpha value is -1.89. The number of ether oxygens (including phenoxy) is 1. The summed E-state index contributed by atoms with van der Waals surface area (Å²) in [7, 11) is 0. The molecule has 0 saturated heterocycles. The van der Waals surface area contributed by atoms with Gasteiger partial charge in [-0.2, -0.15) is 0 Å². The third-order valence-corrected chi connectivity index (χ3v) is 5.74. The number of nitrogens with two attached hydrogens (primary N) is 2. The van der Waals surface area contributed by atoms with Crippen molar-refractivity contribution < 1.29 is 19.7 Å². The Bertz CT molecular complexity index is 760. The van der Waals surface area contributed by atoms with E-state index in [0.717, 1.165) is 12.1 Å². The van der Waals surface area contributed by atoms with Crippen LogP contribution in [0.2, 0.25) is 0 Å². The monoisotopic (exact) mass is 346 g/mol. The standard InChI is InChI=1S/C15H15NO4.C4H11N/c1-7-3-4-9(17)12-11(7)14-8(2)13(14,19)6-5-10(18)15(14,16)20-12;1-2-3-4-5/h3-4,17,19H,2,5-6,16H2,1H3;2-5H2,1H3. The lowest BCUT2D eigenvalue weighted by Gasteiger charge is -2.35. The van der Waals surface area contributed by atoms with Crippen molar-refractivity contribution >= 4 is 5.78 Å². The van der Waals surface area contributed by atoms with Crippen LogP contribution < -0.4 is 16.2 Å². The molecule has 136 valence electrons. The van der Waals surface area contributed by atoms with Gasteiger partial charge >= 0.3 is 0 Å². The summed E-state index contributed by atoms with van der Waals surface area (Å²) in [4.78, 5) is 12.3. The first-order chi connectivity index (χ1) is 11.7. The third-order valence-electron chi connectivity index (χ3n) is 5.74. The molecule has 4 rings (SSSR count). The summed E-state index contributed by atoms with van der Waals surface area (Å²) >= 11 is 0. The summed E-state index contributed by atoms with van der Waals surface area (Å²) in [6.45, 7) is 8.74. The highest BCUT2D eigenvalue weighted by Crippen LogP contribution is 2.76. The number of aryl methyl sites for hydroxylation is 1. The number of aromatic hydroxyl groups is 1. The van der Waals surface area contributed by atoms with Crippen LogP contribution in [0.3, 0.4) is 0 Å². The van der Waals surface area contributed by atoms with Crippen LogP contribution in [-0.2, 0) is 10.2 Å². The maximum Gasteiger partial charge on any atom is 0.234 e. The smallest absolute Gasteiger partial charge is 0.234 e. The van der Waals surface area contributed by atoms with Crippen molar-refractivity contribution in [3.8, 4) is 11.5 Å². The van der Waals surface area contributed by atoms with E-state index in [0.29, 0.717) is 17.6 Å². The molecule has 1 aromatic carbocycles. The fraction of sp³-hybridized carbons (Fsp3) is 0.526. The number of ketones is 1. The van der Waals surface area contributed by atoms with Gasteiger partial charge in [0.15, 0.2) is 17.3 Å². The quantitative estimate of drug-likeness (QED) is 0.601. The van der Waals surface area contributed by atoms with Crippen LogP contribution >= 0.6 is 0 Å². The number of hydrogen-bond donors (Lipinski definition) is 4. The Balaban J connectivity index is 0.000000324. The lowest BCUT2D eigenvalue weighted by Crippen LogP contribution is -2.63. The molecule has 3 atom stereocenters. The minimum atomic E-state index is -1.66. The summed E-state index contributed by atoms with van der Waals surface area (Å²) in [5.74, 6) is -0.148. The van der Waals surface area contributed by atoms with Crippen molar-refractivity contribution in [1.82, 2.24) is 0 Å². The van der Waals surface area contributed by atoms with Gasteiger partial charge in [0, 0.05) is 12.0 Å². The predicted octanol–water partition coefficient (Wildman–Crippen LogP) is 1.39. The van der Waals surface area contributed by atoms with E-state index in [2.05, 4.69) is 13.5 Å². The summed E-state index contributed by atoms with van der Waals surface area (Å²) in [6, 6.07) is 3.23. The molecule has 0 amide bonds. The van der Waals surface area contributed by atoms with Crippen LogP contribution in [0.1, 0.15) is 43.7 Å². The maximum atomic E-state index is 12.3. The lowest BCUT2D eigenvalue weighted by molar-refractivity contribution is -0.142. The molecular formula is C19H26N2O4. The van der Waals surface area contributed by atoms with Gasteiger partial charge in [-0.3, -0.25) is 10.5 Å². The Kier molecular flexibility index (Phi) is 3.98. The van der Waals surface area contributed by atoms with Crippen LogP contribution in [0.15, 0.2) is 24.3 Å². The molecule has 25 heavy (non-hydrogen) atoms. The van der Waals surface area contributed by atoms with E-state index < -0.39 is 16.7 Å². The molecule has 6 heteroatoms. The fourth-order valence-electron chi connectivity index (χ4n) is 4.35. The van der Waals surface area contributed by atoms with Crippen LogP contribution in [0.5, 0.6) is 11.5 Å². The van der Waals surface area contributed by atoms with Gasteiger partial charge in [0.1, 0.15) is 11.0 Å². The van der Waals surface area contributed by atoms with Crippen molar-refractivity contribution in [2.24, 2.45) is 11.5 Å². The summed E-state index contributed by atoms with van der Waals surface area (Å²) in [5, 5.41) is 20.8.